The fourth-order valence-corrected chi connectivity index (χ4v) is 1.000. The summed E-state index contributed by atoms with van der Waals surface area (Å²) >= 11 is 0. The molecule has 1 aliphatic rings. The molecule has 0 radical (unpaired) electrons. The third-order valence-corrected chi connectivity index (χ3v) is 1.62. The maximum Gasteiger partial charge on any atom is 0.138 e. The normalized spacial score (nSPS) is 22.1. The lowest BCUT2D eigenvalue weighted by molar-refractivity contribution is 0.161. The van der Waals surface area contributed by atoms with Gasteiger partial charge >= 0.3 is 0 Å². The lowest BCUT2D eigenvalue weighted by Crippen LogP contribution is -1.82. The highest BCUT2D eigenvalue weighted by atomic mass is 16.6. The van der Waals surface area contributed by atoms with Crippen molar-refractivity contribution in [2.45, 2.75) is 12.7 Å². The number of hydrogen-bond acceptors (Lipinski definition) is 3. The van der Waals surface area contributed by atoms with Crippen molar-refractivity contribution in [3.8, 4) is 0 Å². The average molecular weight is 154 g/mol. The molecule has 60 valence electrons. The van der Waals surface area contributed by atoms with Crippen molar-refractivity contribution in [1.29, 1.82) is 0 Å². The molecular formula is C8H10O3. The Bertz CT molecular complexity index is 237. The Labute approximate surface area is 64.9 Å². The SMILES string of the molecule is COCc1ccc([C@@H]2CO2)o1. The van der Waals surface area contributed by atoms with Crippen molar-refractivity contribution in [3.63, 3.8) is 0 Å². The van der Waals surface area contributed by atoms with Gasteiger partial charge in [-0.1, -0.05) is 0 Å². The molecule has 1 aromatic heterocycles. The monoisotopic (exact) mass is 154 g/mol. The van der Waals surface area contributed by atoms with Crippen molar-refractivity contribution < 1.29 is 13.9 Å². The van der Waals surface area contributed by atoms with Crippen LogP contribution in [0.4, 0.5) is 0 Å². The zero-order valence-corrected chi connectivity index (χ0v) is 6.37. The number of hydrogen-bond donors (Lipinski definition) is 0. The highest BCUT2D eigenvalue weighted by Gasteiger charge is 2.27. The molecule has 0 bridgehead atoms. The van der Waals surface area contributed by atoms with Gasteiger partial charge in [0.2, 0.25) is 0 Å². The summed E-state index contributed by atoms with van der Waals surface area (Å²) in [4.78, 5) is 0. The molecule has 3 heteroatoms. The summed E-state index contributed by atoms with van der Waals surface area (Å²) in [6.07, 6.45) is 0.209. The summed E-state index contributed by atoms with van der Waals surface area (Å²) in [5.74, 6) is 1.77. The maximum absolute atomic E-state index is 5.40. The van der Waals surface area contributed by atoms with Gasteiger partial charge < -0.3 is 13.9 Å². The summed E-state index contributed by atoms with van der Waals surface area (Å²) in [5.41, 5.74) is 0. The quantitative estimate of drug-likeness (QED) is 0.619. The smallest absolute Gasteiger partial charge is 0.138 e. The van der Waals surface area contributed by atoms with Crippen LogP contribution in [0, 0.1) is 0 Å². The highest BCUT2D eigenvalue weighted by Crippen LogP contribution is 2.30. The van der Waals surface area contributed by atoms with E-state index < -0.39 is 0 Å². The van der Waals surface area contributed by atoms with E-state index in [9.17, 15) is 0 Å². The molecule has 0 unspecified atom stereocenters. The van der Waals surface area contributed by atoms with E-state index in [1.54, 1.807) is 7.11 Å². The lowest BCUT2D eigenvalue weighted by Gasteiger charge is -1.91. The molecular weight excluding hydrogens is 144 g/mol. The summed E-state index contributed by atoms with van der Waals surface area (Å²) in [6.45, 7) is 1.33. The van der Waals surface area contributed by atoms with Crippen LogP contribution in [-0.4, -0.2) is 13.7 Å². The van der Waals surface area contributed by atoms with E-state index in [-0.39, 0.29) is 6.10 Å². The molecule has 0 saturated carbocycles. The number of methoxy groups -OCH3 is 1. The fourth-order valence-electron chi connectivity index (χ4n) is 1.000. The van der Waals surface area contributed by atoms with Crippen LogP contribution in [-0.2, 0) is 16.1 Å². The molecule has 3 nitrogen and oxygen atoms in total. The molecule has 0 aromatic carbocycles. The van der Waals surface area contributed by atoms with E-state index in [0.717, 1.165) is 18.1 Å². The zero-order valence-electron chi connectivity index (χ0n) is 6.37. The third-order valence-electron chi connectivity index (χ3n) is 1.62. The van der Waals surface area contributed by atoms with Crippen LogP contribution in [0.2, 0.25) is 0 Å². The van der Waals surface area contributed by atoms with Crippen LogP contribution in [0.5, 0.6) is 0 Å². The molecule has 0 N–H and O–H groups in total. The molecule has 0 spiro atoms. The predicted molar refractivity (Wildman–Crippen MR) is 38.1 cm³/mol. The van der Waals surface area contributed by atoms with Crippen LogP contribution < -0.4 is 0 Å². The Morgan fingerprint density at radius 3 is 3.09 bits per heavy atom. The van der Waals surface area contributed by atoms with Gasteiger partial charge in [0.15, 0.2) is 0 Å². The second-order valence-corrected chi connectivity index (χ2v) is 2.56. The Balaban J connectivity index is 2.06. The van der Waals surface area contributed by atoms with E-state index in [4.69, 9.17) is 13.9 Å². The molecule has 2 heterocycles. The van der Waals surface area contributed by atoms with Gasteiger partial charge in [0, 0.05) is 7.11 Å². The van der Waals surface area contributed by atoms with Crippen LogP contribution in [0.3, 0.4) is 0 Å². The van der Waals surface area contributed by atoms with Crippen molar-refractivity contribution in [2.75, 3.05) is 13.7 Å². The van der Waals surface area contributed by atoms with Gasteiger partial charge in [-0.15, -0.1) is 0 Å². The molecule has 11 heavy (non-hydrogen) atoms. The van der Waals surface area contributed by atoms with Gasteiger partial charge in [-0.25, -0.2) is 0 Å². The summed E-state index contributed by atoms with van der Waals surface area (Å²) < 4.78 is 15.4. The largest absolute Gasteiger partial charge is 0.461 e. The molecule has 1 saturated heterocycles. The van der Waals surface area contributed by atoms with Crippen molar-refractivity contribution in [1.82, 2.24) is 0 Å². The molecule has 1 aromatic rings. The average Bonchev–Trinajstić information content (AvgIpc) is 2.75. The number of epoxide rings is 1. The van der Waals surface area contributed by atoms with E-state index >= 15 is 0 Å². The molecule has 2 rings (SSSR count). The number of ether oxygens (including phenoxy) is 2. The fraction of sp³-hybridized carbons (Fsp3) is 0.500. The molecule has 1 fully saturated rings. The minimum atomic E-state index is 0.209. The minimum Gasteiger partial charge on any atom is -0.461 e. The van der Waals surface area contributed by atoms with Crippen molar-refractivity contribution in [3.05, 3.63) is 23.7 Å². The van der Waals surface area contributed by atoms with E-state index in [1.807, 2.05) is 12.1 Å². The van der Waals surface area contributed by atoms with Gasteiger partial charge in [-0.2, -0.15) is 0 Å². The third kappa shape index (κ3) is 1.44. The maximum atomic E-state index is 5.40. The topological polar surface area (TPSA) is 34.9 Å². The summed E-state index contributed by atoms with van der Waals surface area (Å²) in [7, 11) is 1.65. The summed E-state index contributed by atoms with van der Waals surface area (Å²) in [6, 6.07) is 3.85. The number of furan rings is 1. The lowest BCUT2D eigenvalue weighted by atomic mass is 10.3. The van der Waals surface area contributed by atoms with Gasteiger partial charge in [0.1, 0.15) is 24.2 Å². The number of rotatable bonds is 3. The Hall–Kier alpha value is -0.800. The van der Waals surface area contributed by atoms with Gasteiger partial charge in [-0.05, 0) is 12.1 Å². The van der Waals surface area contributed by atoms with Crippen LogP contribution in [0.15, 0.2) is 16.5 Å². The second kappa shape index (κ2) is 2.68. The van der Waals surface area contributed by atoms with Crippen LogP contribution >= 0.6 is 0 Å². The van der Waals surface area contributed by atoms with Crippen LogP contribution in [0.1, 0.15) is 17.6 Å². The van der Waals surface area contributed by atoms with E-state index in [1.165, 1.54) is 0 Å². The first-order chi connectivity index (χ1) is 5.40. The van der Waals surface area contributed by atoms with Crippen LogP contribution in [0.25, 0.3) is 0 Å². The Morgan fingerprint density at radius 2 is 2.45 bits per heavy atom. The van der Waals surface area contributed by atoms with Gasteiger partial charge in [0.25, 0.3) is 0 Å². The second-order valence-electron chi connectivity index (χ2n) is 2.56. The van der Waals surface area contributed by atoms with Gasteiger partial charge in [-0.3, -0.25) is 0 Å². The van der Waals surface area contributed by atoms with E-state index in [0.29, 0.717) is 6.61 Å². The molecule has 1 aliphatic heterocycles. The molecule has 0 amide bonds. The highest BCUT2D eigenvalue weighted by molar-refractivity contribution is 5.11. The zero-order chi connectivity index (χ0) is 7.68. The predicted octanol–water partition coefficient (Wildman–Crippen LogP) is 1.50. The van der Waals surface area contributed by atoms with Crippen molar-refractivity contribution >= 4 is 0 Å². The van der Waals surface area contributed by atoms with Crippen molar-refractivity contribution in [2.24, 2.45) is 0 Å². The first-order valence-electron chi connectivity index (χ1n) is 3.59. The minimum absolute atomic E-state index is 0.209. The first kappa shape index (κ1) is 6.88. The molecule has 1 atom stereocenters. The summed E-state index contributed by atoms with van der Waals surface area (Å²) in [5, 5.41) is 0. The van der Waals surface area contributed by atoms with Gasteiger partial charge in [0.05, 0.1) is 6.61 Å². The van der Waals surface area contributed by atoms with E-state index in [2.05, 4.69) is 0 Å². The Morgan fingerprint density at radius 1 is 1.64 bits per heavy atom. The standard InChI is InChI=1S/C8H10O3/c1-9-4-6-2-3-7(11-6)8-5-10-8/h2-3,8H,4-5H2,1H3/t8-/m0/s1. The first-order valence-corrected chi connectivity index (χ1v) is 3.59. The molecule has 0 aliphatic carbocycles. The Kier molecular flexibility index (Phi) is 1.68.